The molecule has 0 bridgehead atoms. The van der Waals surface area contributed by atoms with Crippen LogP contribution in [0.15, 0.2) is 68.3 Å². The fraction of sp³-hybridized carbons (Fsp3) is 0.200. The van der Waals surface area contributed by atoms with Gasteiger partial charge in [0.05, 0.1) is 35.6 Å². The molecule has 26 heavy (non-hydrogen) atoms. The van der Waals surface area contributed by atoms with E-state index in [1.54, 1.807) is 23.5 Å². The minimum atomic E-state index is -0.138. The van der Waals surface area contributed by atoms with Gasteiger partial charge in [-0.25, -0.2) is 9.98 Å². The van der Waals surface area contributed by atoms with Crippen LogP contribution in [0, 0.1) is 0 Å². The lowest BCUT2D eigenvalue weighted by Gasteiger charge is -2.14. The Morgan fingerprint density at radius 2 is 1.08 bits per heavy atom. The van der Waals surface area contributed by atoms with Gasteiger partial charge >= 0.3 is 0 Å². The zero-order chi connectivity index (χ0) is 18.5. The molecule has 1 aliphatic carbocycles. The van der Waals surface area contributed by atoms with Crippen molar-refractivity contribution in [3.63, 3.8) is 0 Å². The number of rotatable bonds is 4. The number of carbonyl (C=O) groups is 2. The van der Waals surface area contributed by atoms with E-state index >= 15 is 0 Å². The highest BCUT2D eigenvalue weighted by Gasteiger charge is 2.29. The normalized spacial score (nSPS) is 17.9. The smallest absolute Gasteiger partial charge is 0.183 e. The highest BCUT2D eigenvalue weighted by atomic mass is 32.2. The summed E-state index contributed by atoms with van der Waals surface area (Å²) in [6.07, 6.45) is 3.92. The van der Waals surface area contributed by atoms with Crippen LogP contribution < -0.4 is 0 Å². The summed E-state index contributed by atoms with van der Waals surface area (Å²) in [7, 11) is 0. The Labute approximate surface area is 161 Å². The van der Waals surface area contributed by atoms with Crippen LogP contribution in [0.2, 0.25) is 0 Å². The number of carbonyl (C=O) groups excluding carboxylic acids is 2. The average Bonchev–Trinajstić information content (AvgIpc) is 2.66. The maximum absolute atomic E-state index is 12.5. The van der Waals surface area contributed by atoms with Crippen molar-refractivity contribution >= 4 is 57.9 Å². The third-order valence-electron chi connectivity index (χ3n) is 3.98. The lowest BCUT2D eigenvalue weighted by molar-refractivity contribution is -0.116. The Bertz CT molecular complexity index is 844. The maximum atomic E-state index is 12.5. The van der Waals surface area contributed by atoms with Crippen LogP contribution in [0.5, 0.6) is 0 Å². The van der Waals surface area contributed by atoms with Crippen LogP contribution in [-0.2, 0) is 9.59 Å². The largest absolute Gasteiger partial charge is 0.292 e. The molecule has 0 spiro atoms. The molecule has 0 heterocycles. The average molecular weight is 383 g/mol. The van der Waals surface area contributed by atoms with Gasteiger partial charge in [0.15, 0.2) is 11.6 Å². The molecule has 0 N–H and O–H groups in total. The molecule has 0 atom stereocenters. The van der Waals surface area contributed by atoms with Crippen molar-refractivity contribution < 1.29 is 9.59 Å². The van der Waals surface area contributed by atoms with E-state index in [4.69, 9.17) is 0 Å². The van der Waals surface area contributed by atoms with Gasteiger partial charge in [-0.15, -0.1) is 23.5 Å². The van der Waals surface area contributed by atoms with Gasteiger partial charge in [-0.05, 0) is 36.8 Å². The van der Waals surface area contributed by atoms with Crippen molar-refractivity contribution in [3.8, 4) is 0 Å². The monoisotopic (exact) mass is 382 g/mol. The van der Waals surface area contributed by atoms with Crippen molar-refractivity contribution in [1.82, 2.24) is 0 Å². The molecule has 1 saturated carbocycles. The molecule has 0 amide bonds. The number of aliphatic imine (C=N–C) groups is 2. The first-order chi connectivity index (χ1) is 12.6. The lowest BCUT2D eigenvalue weighted by Crippen LogP contribution is -2.32. The van der Waals surface area contributed by atoms with Crippen LogP contribution in [0.25, 0.3) is 0 Å². The molecule has 0 aromatic heterocycles. The summed E-state index contributed by atoms with van der Waals surface area (Å²) in [5.74, 6) is -0.276. The lowest BCUT2D eigenvalue weighted by atomic mass is 9.93. The molecule has 4 nitrogen and oxygen atoms in total. The summed E-state index contributed by atoms with van der Waals surface area (Å²) in [5, 5.41) is 0. The van der Waals surface area contributed by atoms with Gasteiger partial charge in [0, 0.05) is 9.79 Å². The van der Waals surface area contributed by atoms with Gasteiger partial charge in [-0.3, -0.25) is 9.59 Å². The molecule has 1 fully saturated rings. The Morgan fingerprint density at radius 3 is 1.46 bits per heavy atom. The molecular formula is C20H18N2O2S2. The summed E-state index contributed by atoms with van der Waals surface area (Å²) in [6, 6.07) is 15.2. The van der Waals surface area contributed by atoms with E-state index in [0.29, 0.717) is 11.4 Å². The van der Waals surface area contributed by atoms with Crippen LogP contribution in [0.4, 0.5) is 11.4 Å². The Balaban J connectivity index is 1.88. The number of para-hydroxylation sites is 2. The molecule has 2 aromatic carbocycles. The SMILES string of the molecule is CSc1ccccc1N=C1CC(=O)C(=Nc2ccccc2SC)CC1=O. The Morgan fingerprint density at radius 1 is 0.692 bits per heavy atom. The fourth-order valence-corrected chi connectivity index (χ4v) is 3.72. The highest BCUT2D eigenvalue weighted by Crippen LogP contribution is 2.30. The van der Waals surface area contributed by atoms with Gasteiger partial charge in [-0.2, -0.15) is 0 Å². The van der Waals surface area contributed by atoms with E-state index in [0.717, 1.165) is 21.2 Å². The Hall–Kier alpha value is -2.18. The summed E-state index contributed by atoms with van der Waals surface area (Å²) < 4.78 is 0. The molecule has 0 unspecified atom stereocenters. The minimum Gasteiger partial charge on any atom is -0.292 e. The summed E-state index contributed by atoms with van der Waals surface area (Å²) >= 11 is 3.13. The molecule has 2 aromatic rings. The van der Waals surface area contributed by atoms with E-state index in [1.807, 2.05) is 61.0 Å². The number of hydrogen-bond donors (Lipinski definition) is 0. The van der Waals surface area contributed by atoms with Gasteiger partial charge in [0.2, 0.25) is 0 Å². The first kappa shape index (κ1) is 18.6. The first-order valence-electron chi connectivity index (χ1n) is 8.10. The van der Waals surface area contributed by atoms with Crippen LogP contribution >= 0.6 is 23.5 Å². The van der Waals surface area contributed by atoms with Gasteiger partial charge in [0.25, 0.3) is 0 Å². The molecular weight excluding hydrogens is 364 g/mol. The summed E-state index contributed by atoms with van der Waals surface area (Å²) in [5.41, 5.74) is 2.08. The van der Waals surface area contributed by atoms with E-state index in [2.05, 4.69) is 9.98 Å². The minimum absolute atomic E-state index is 0.00180. The third-order valence-corrected chi connectivity index (χ3v) is 5.55. The second-order valence-electron chi connectivity index (χ2n) is 5.66. The van der Waals surface area contributed by atoms with E-state index in [9.17, 15) is 9.59 Å². The quantitative estimate of drug-likeness (QED) is 0.705. The van der Waals surface area contributed by atoms with Crippen molar-refractivity contribution in [3.05, 3.63) is 48.5 Å². The molecule has 0 radical (unpaired) electrons. The maximum Gasteiger partial charge on any atom is 0.183 e. The van der Waals surface area contributed by atoms with Crippen LogP contribution in [-0.4, -0.2) is 35.5 Å². The first-order valence-corrected chi connectivity index (χ1v) is 10.5. The van der Waals surface area contributed by atoms with Crippen molar-refractivity contribution in [2.24, 2.45) is 9.98 Å². The van der Waals surface area contributed by atoms with Crippen molar-refractivity contribution in [2.45, 2.75) is 22.6 Å². The fourth-order valence-electron chi connectivity index (χ4n) is 2.64. The van der Waals surface area contributed by atoms with E-state index < -0.39 is 0 Å². The second kappa shape index (κ2) is 8.47. The second-order valence-corrected chi connectivity index (χ2v) is 7.36. The van der Waals surface area contributed by atoms with E-state index in [1.165, 1.54) is 0 Å². The molecule has 1 aliphatic rings. The van der Waals surface area contributed by atoms with Gasteiger partial charge in [-0.1, -0.05) is 24.3 Å². The standard InChI is InChI=1S/C20H18N2O2S2/c1-25-19-9-5-3-7-13(19)21-15-11-18(24)16(12-17(15)23)22-14-8-4-6-10-20(14)26-2/h3-10H,11-12H2,1-2H3. The number of thioether (sulfide) groups is 2. The van der Waals surface area contributed by atoms with Crippen LogP contribution in [0.1, 0.15) is 12.8 Å². The molecule has 0 aliphatic heterocycles. The number of Topliss-reactive ketones (excluding diaryl/α,β-unsaturated/α-hetero) is 2. The summed E-state index contributed by atoms with van der Waals surface area (Å²) in [4.78, 5) is 35.9. The molecule has 132 valence electrons. The van der Waals surface area contributed by atoms with E-state index in [-0.39, 0.29) is 24.4 Å². The molecule has 3 rings (SSSR count). The topological polar surface area (TPSA) is 58.9 Å². The van der Waals surface area contributed by atoms with Gasteiger partial charge in [0.1, 0.15) is 0 Å². The van der Waals surface area contributed by atoms with Crippen LogP contribution in [0.3, 0.4) is 0 Å². The van der Waals surface area contributed by atoms with Crippen molar-refractivity contribution in [1.29, 1.82) is 0 Å². The zero-order valence-electron chi connectivity index (χ0n) is 14.6. The zero-order valence-corrected chi connectivity index (χ0v) is 16.2. The Kier molecular flexibility index (Phi) is 6.06. The molecule has 6 heteroatoms. The predicted octanol–water partition coefficient (Wildman–Crippen LogP) is 4.91. The number of ketones is 2. The van der Waals surface area contributed by atoms with Crippen molar-refractivity contribution in [2.75, 3.05) is 12.5 Å². The highest BCUT2D eigenvalue weighted by molar-refractivity contribution is 7.99. The predicted molar refractivity (Wildman–Crippen MR) is 110 cm³/mol. The number of nitrogens with zero attached hydrogens (tertiary/aromatic N) is 2. The summed E-state index contributed by atoms with van der Waals surface area (Å²) in [6.45, 7) is 0. The third kappa shape index (κ3) is 4.14. The molecule has 0 saturated heterocycles. The number of hydrogen-bond acceptors (Lipinski definition) is 6. The van der Waals surface area contributed by atoms with Gasteiger partial charge < -0.3 is 0 Å². The number of benzene rings is 2.